The summed E-state index contributed by atoms with van der Waals surface area (Å²) in [5.74, 6) is 0. The van der Waals surface area contributed by atoms with Gasteiger partial charge in [-0.3, -0.25) is 9.36 Å². The number of fused-ring (bicyclic) bond motifs is 1. The van der Waals surface area contributed by atoms with Gasteiger partial charge in [0.15, 0.2) is 0 Å². The molecular formula is C20H25N7. The quantitative estimate of drug-likeness (QED) is 0.509. The minimum Gasteiger partial charge on any atom is -0.270 e. The van der Waals surface area contributed by atoms with Gasteiger partial charge in [-0.1, -0.05) is 13.3 Å². The van der Waals surface area contributed by atoms with Crippen LogP contribution in [0.5, 0.6) is 0 Å². The maximum atomic E-state index is 4.94. The van der Waals surface area contributed by atoms with Gasteiger partial charge in [0.2, 0.25) is 0 Å². The molecule has 4 aromatic heterocycles. The second-order valence-corrected chi connectivity index (χ2v) is 7.29. The highest BCUT2D eigenvalue weighted by Gasteiger charge is 2.15. The van der Waals surface area contributed by atoms with Crippen molar-refractivity contribution >= 4 is 5.52 Å². The SMILES string of the molecule is CCC[C@@H](C)n1cc(-c2nc(-c3cnn(C(C)C)c3)cn3nccc23)cn1. The highest BCUT2D eigenvalue weighted by Crippen LogP contribution is 2.27. The van der Waals surface area contributed by atoms with Crippen molar-refractivity contribution in [2.24, 2.45) is 0 Å². The second-order valence-electron chi connectivity index (χ2n) is 7.29. The van der Waals surface area contributed by atoms with Gasteiger partial charge in [0.1, 0.15) is 0 Å². The Bertz CT molecular complexity index is 1050. The van der Waals surface area contributed by atoms with Crippen LogP contribution >= 0.6 is 0 Å². The minimum atomic E-state index is 0.310. The summed E-state index contributed by atoms with van der Waals surface area (Å²) in [4.78, 5) is 4.94. The van der Waals surface area contributed by atoms with E-state index >= 15 is 0 Å². The van der Waals surface area contributed by atoms with Gasteiger partial charge >= 0.3 is 0 Å². The van der Waals surface area contributed by atoms with Crippen LogP contribution in [0.4, 0.5) is 0 Å². The lowest BCUT2D eigenvalue weighted by Gasteiger charge is -2.10. The summed E-state index contributed by atoms with van der Waals surface area (Å²) in [6.07, 6.45) is 13.8. The predicted molar refractivity (Wildman–Crippen MR) is 105 cm³/mol. The molecule has 0 aliphatic heterocycles. The highest BCUT2D eigenvalue weighted by molar-refractivity contribution is 5.78. The molecule has 0 aliphatic rings. The Balaban J connectivity index is 1.79. The molecule has 0 N–H and O–H groups in total. The first-order valence-corrected chi connectivity index (χ1v) is 9.50. The standard InChI is InChI=1S/C20H25N7/c1-5-6-15(4)26-12-17(10-23-26)20-19-7-8-21-27(19)13-18(24-20)16-9-22-25(11-16)14(2)3/h7-15H,5-6H2,1-4H3/t15-/m1/s1. The zero-order valence-corrected chi connectivity index (χ0v) is 16.2. The van der Waals surface area contributed by atoms with Gasteiger partial charge in [0.05, 0.1) is 41.7 Å². The van der Waals surface area contributed by atoms with Crippen LogP contribution in [-0.4, -0.2) is 34.2 Å². The Morgan fingerprint density at radius 1 is 0.926 bits per heavy atom. The number of aromatic nitrogens is 7. The minimum absolute atomic E-state index is 0.310. The van der Waals surface area contributed by atoms with E-state index in [9.17, 15) is 0 Å². The van der Waals surface area contributed by atoms with Gasteiger partial charge in [-0.25, -0.2) is 9.50 Å². The van der Waals surface area contributed by atoms with E-state index in [2.05, 4.69) is 49.2 Å². The van der Waals surface area contributed by atoms with Crippen molar-refractivity contribution in [1.29, 1.82) is 0 Å². The third-order valence-corrected chi connectivity index (χ3v) is 4.85. The fraction of sp³-hybridized carbons (Fsp3) is 0.400. The van der Waals surface area contributed by atoms with Crippen LogP contribution in [0.15, 0.2) is 43.2 Å². The van der Waals surface area contributed by atoms with Crippen molar-refractivity contribution in [3.63, 3.8) is 0 Å². The monoisotopic (exact) mass is 363 g/mol. The molecule has 140 valence electrons. The van der Waals surface area contributed by atoms with Crippen LogP contribution in [0, 0.1) is 0 Å². The smallest absolute Gasteiger partial charge is 0.0999 e. The van der Waals surface area contributed by atoms with Crippen molar-refractivity contribution in [3.05, 3.63) is 43.2 Å². The van der Waals surface area contributed by atoms with E-state index in [1.165, 1.54) is 0 Å². The molecule has 4 heterocycles. The van der Waals surface area contributed by atoms with E-state index in [-0.39, 0.29) is 0 Å². The average molecular weight is 363 g/mol. The maximum absolute atomic E-state index is 4.94. The number of nitrogens with zero attached hydrogens (tertiary/aromatic N) is 7. The van der Waals surface area contributed by atoms with Crippen LogP contribution in [0.3, 0.4) is 0 Å². The molecule has 0 fully saturated rings. The summed E-state index contributed by atoms with van der Waals surface area (Å²) < 4.78 is 5.84. The Hall–Kier alpha value is -2.96. The van der Waals surface area contributed by atoms with E-state index in [4.69, 9.17) is 4.98 Å². The molecule has 1 atom stereocenters. The topological polar surface area (TPSA) is 65.8 Å². The molecule has 7 nitrogen and oxygen atoms in total. The first kappa shape index (κ1) is 17.5. The second kappa shape index (κ2) is 6.98. The number of hydrogen-bond acceptors (Lipinski definition) is 4. The summed E-state index contributed by atoms with van der Waals surface area (Å²) in [7, 11) is 0. The molecule has 0 aliphatic carbocycles. The molecule has 4 rings (SSSR count). The van der Waals surface area contributed by atoms with Gasteiger partial charge in [-0.05, 0) is 33.3 Å². The van der Waals surface area contributed by atoms with Crippen LogP contribution in [0.2, 0.25) is 0 Å². The third-order valence-electron chi connectivity index (χ3n) is 4.85. The van der Waals surface area contributed by atoms with E-state index in [1.807, 2.05) is 44.7 Å². The fourth-order valence-corrected chi connectivity index (χ4v) is 3.28. The van der Waals surface area contributed by atoms with Crippen LogP contribution in [0.1, 0.15) is 52.6 Å². The molecule has 0 spiro atoms. The van der Waals surface area contributed by atoms with Crippen molar-refractivity contribution in [2.45, 2.75) is 52.6 Å². The first-order chi connectivity index (χ1) is 13.1. The van der Waals surface area contributed by atoms with Crippen molar-refractivity contribution in [3.8, 4) is 22.5 Å². The van der Waals surface area contributed by atoms with Gasteiger partial charge in [-0.15, -0.1) is 0 Å². The maximum Gasteiger partial charge on any atom is 0.0999 e. The summed E-state index contributed by atoms with van der Waals surface area (Å²) in [5, 5.41) is 13.4. The molecule has 0 amide bonds. The number of rotatable bonds is 6. The molecular weight excluding hydrogens is 338 g/mol. The molecule has 7 heteroatoms. The van der Waals surface area contributed by atoms with E-state index in [0.717, 1.165) is 40.9 Å². The van der Waals surface area contributed by atoms with Gasteiger partial charge < -0.3 is 0 Å². The summed E-state index contributed by atoms with van der Waals surface area (Å²) in [6, 6.07) is 2.67. The lowest BCUT2D eigenvalue weighted by molar-refractivity contribution is 0.455. The molecule has 0 saturated carbocycles. The Morgan fingerprint density at radius 2 is 1.67 bits per heavy atom. The van der Waals surface area contributed by atoms with Crippen LogP contribution in [0.25, 0.3) is 28.0 Å². The van der Waals surface area contributed by atoms with Crippen LogP contribution in [-0.2, 0) is 0 Å². The summed E-state index contributed by atoms with van der Waals surface area (Å²) in [5.41, 5.74) is 4.69. The zero-order chi connectivity index (χ0) is 19.0. The Labute approximate surface area is 158 Å². The molecule has 4 aromatic rings. The molecule has 0 bridgehead atoms. The molecule has 0 radical (unpaired) electrons. The predicted octanol–water partition coefficient (Wildman–Crippen LogP) is 4.40. The van der Waals surface area contributed by atoms with Gasteiger partial charge in [0.25, 0.3) is 0 Å². The van der Waals surface area contributed by atoms with E-state index < -0.39 is 0 Å². The first-order valence-electron chi connectivity index (χ1n) is 9.50. The molecule has 27 heavy (non-hydrogen) atoms. The Kier molecular flexibility index (Phi) is 4.51. The lowest BCUT2D eigenvalue weighted by Crippen LogP contribution is -2.04. The summed E-state index contributed by atoms with van der Waals surface area (Å²) >= 11 is 0. The van der Waals surface area contributed by atoms with Crippen LogP contribution < -0.4 is 0 Å². The summed E-state index contributed by atoms with van der Waals surface area (Å²) in [6.45, 7) is 8.61. The third kappa shape index (κ3) is 3.25. The average Bonchev–Trinajstić information content (AvgIpc) is 3.39. The van der Waals surface area contributed by atoms with Gasteiger partial charge in [0, 0.05) is 35.6 Å². The normalized spacial score (nSPS) is 12.9. The Morgan fingerprint density at radius 3 is 2.41 bits per heavy atom. The molecule has 0 aromatic carbocycles. The van der Waals surface area contributed by atoms with Crippen molar-refractivity contribution in [1.82, 2.24) is 34.2 Å². The van der Waals surface area contributed by atoms with Crippen molar-refractivity contribution in [2.75, 3.05) is 0 Å². The highest BCUT2D eigenvalue weighted by atomic mass is 15.3. The zero-order valence-electron chi connectivity index (χ0n) is 16.2. The van der Waals surface area contributed by atoms with E-state index in [0.29, 0.717) is 12.1 Å². The van der Waals surface area contributed by atoms with Gasteiger partial charge in [-0.2, -0.15) is 15.3 Å². The fourth-order valence-electron chi connectivity index (χ4n) is 3.28. The number of hydrogen-bond donors (Lipinski definition) is 0. The molecule has 0 unspecified atom stereocenters. The van der Waals surface area contributed by atoms with E-state index in [1.54, 1.807) is 6.20 Å². The lowest BCUT2D eigenvalue weighted by atomic mass is 10.2. The largest absolute Gasteiger partial charge is 0.270 e. The molecule has 0 saturated heterocycles. The van der Waals surface area contributed by atoms with Crippen molar-refractivity contribution < 1.29 is 0 Å².